The molecule has 0 aromatic heterocycles. The molecular weight excluding hydrogens is 298 g/mol. The molecule has 0 bridgehead atoms. The molecule has 1 saturated carbocycles. The molecule has 1 aliphatic heterocycles. The van der Waals surface area contributed by atoms with Crippen LogP contribution in [0.3, 0.4) is 0 Å². The number of carbonyl (C=O) groups is 2. The maximum atomic E-state index is 12.0. The van der Waals surface area contributed by atoms with Crippen LogP contribution in [-0.2, 0) is 9.59 Å². The third-order valence-corrected chi connectivity index (χ3v) is 5.06. The van der Waals surface area contributed by atoms with Crippen LogP contribution in [0.25, 0.3) is 0 Å². The molecule has 2 aliphatic rings. The highest BCUT2D eigenvalue weighted by Crippen LogP contribution is 2.32. The van der Waals surface area contributed by atoms with Crippen LogP contribution < -0.4 is 0 Å². The smallest absolute Gasteiger partial charge is 0.326 e. The minimum Gasteiger partial charge on any atom is -0.480 e. The summed E-state index contributed by atoms with van der Waals surface area (Å²) in [5.41, 5.74) is 0. The molecule has 0 spiro atoms. The monoisotopic (exact) mass is 317 g/mol. The van der Waals surface area contributed by atoms with Crippen LogP contribution in [-0.4, -0.2) is 39.8 Å². The molecule has 4 nitrogen and oxygen atoms in total. The maximum Gasteiger partial charge on any atom is 0.326 e. The van der Waals surface area contributed by atoms with Crippen LogP contribution in [0.1, 0.15) is 38.5 Å². The zero-order valence-corrected chi connectivity index (χ0v) is 12.1. The first-order valence-electron chi connectivity index (χ1n) is 6.71. The predicted molar refractivity (Wildman–Crippen MR) is 71.6 cm³/mol. The SMILES string of the molecule is O=C(O)C(C1CCCCC1)N1CC(CBr)CC1=O. The van der Waals surface area contributed by atoms with Crippen molar-refractivity contribution < 1.29 is 14.7 Å². The standard InChI is InChI=1S/C13H20BrNO3/c14-7-9-6-11(16)15(8-9)12(13(17)18)10-4-2-1-3-5-10/h9-10,12H,1-8H2,(H,17,18). The molecule has 1 aliphatic carbocycles. The fourth-order valence-electron chi connectivity index (χ4n) is 3.22. The van der Waals surface area contributed by atoms with Gasteiger partial charge in [0.15, 0.2) is 0 Å². The predicted octanol–water partition coefficient (Wildman–Crippen LogP) is 2.26. The molecule has 102 valence electrons. The van der Waals surface area contributed by atoms with E-state index in [1.807, 2.05) is 0 Å². The molecule has 0 radical (unpaired) electrons. The molecular formula is C13H20BrNO3. The number of rotatable bonds is 4. The second-order valence-corrected chi connectivity index (χ2v) is 6.10. The van der Waals surface area contributed by atoms with Crippen LogP contribution >= 0.6 is 15.9 Å². The van der Waals surface area contributed by atoms with E-state index in [4.69, 9.17) is 0 Å². The first-order valence-corrected chi connectivity index (χ1v) is 7.84. The first-order chi connectivity index (χ1) is 8.63. The summed E-state index contributed by atoms with van der Waals surface area (Å²) in [7, 11) is 0. The van der Waals surface area contributed by atoms with Gasteiger partial charge >= 0.3 is 5.97 Å². The van der Waals surface area contributed by atoms with Crippen molar-refractivity contribution in [1.82, 2.24) is 4.90 Å². The van der Waals surface area contributed by atoms with Crippen LogP contribution in [0.4, 0.5) is 0 Å². The third kappa shape index (κ3) is 2.87. The maximum absolute atomic E-state index is 12.0. The summed E-state index contributed by atoms with van der Waals surface area (Å²) in [6.07, 6.45) is 5.76. The number of carbonyl (C=O) groups excluding carboxylic acids is 1. The number of carboxylic acid groups (broad SMARTS) is 1. The molecule has 1 heterocycles. The Balaban J connectivity index is 2.09. The Hall–Kier alpha value is -0.580. The summed E-state index contributed by atoms with van der Waals surface area (Å²) in [5, 5.41) is 10.2. The van der Waals surface area contributed by atoms with Crippen LogP contribution in [0.5, 0.6) is 0 Å². The van der Waals surface area contributed by atoms with Crippen molar-refractivity contribution in [1.29, 1.82) is 0 Å². The van der Waals surface area contributed by atoms with E-state index in [-0.39, 0.29) is 17.7 Å². The van der Waals surface area contributed by atoms with Gasteiger partial charge < -0.3 is 10.0 Å². The van der Waals surface area contributed by atoms with Crippen molar-refractivity contribution in [2.24, 2.45) is 11.8 Å². The van der Waals surface area contributed by atoms with Crippen molar-refractivity contribution in [2.45, 2.75) is 44.6 Å². The number of alkyl halides is 1. The highest BCUT2D eigenvalue weighted by Gasteiger charge is 2.41. The summed E-state index contributed by atoms with van der Waals surface area (Å²) in [6, 6.07) is -0.596. The number of amides is 1. The summed E-state index contributed by atoms with van der Waals surface area (Å²) < 4.78 is 0. The largest absolute Gasteiger partial charge is 0.480 e. The molecule has 2 fully saturated rings. The number of hydrogen-bond donors (Lipinski definition) is 1. The molecule has 0 aromatic carbocycles. The van der Waals surface area contributed by atoms with Gasteiger partial charge in [-0.05, 0) is 24.7 Å². The van der Waals surface area contributed by atoms with Crippen LogP contribution in [0, 0.1) is 11.8 Å². The zero-order chi connectivity index (χ0) is 13.1. The van der Waals surface area contributed by atoms with Crippen molar-refractivity contribution in [3.63, 3.8) is 0 Å². The number of halogens is 1. The summed E-state index contributed by atoms with van der Waals surface area (Å²) in [5.74, 6) is -0.403. The topological polar surface area (TPSA) is 57.6 Å². The van der Waals surface area contributed by atoms with E-state index in [9.17, 15) is 14.7 Å². The van der Waals surface area contributed by atoms with E-state index in [0.29, 0.717) is 13.0 Å². The number of aliphatic carboxylic acids is 1. The summed E-state index contributed by atoms with van der Waals surface area (Å²) >= 11 is 3.39. The fraction of sp³-hybridized carbons (Fsp3) is 0.846. The Morgan fingerprint density at radius 2 is 2.06 bits per heavy atom. The van der Waals surface area contributed by atoms with Gasteiger partial charge in [-0.3, -0.25) is 4.79 Å². The van der Waals surface area contributed by atoms with Gasteiger partial charge in [-0.25, -0.2) is 4.79 Å². The Morgan fingerprint density at radius 1 is 1.39 bits per heavy atom. The average Bonchev–Trinajstić information content (AvgIpc) is 2.72. The molecule has 1 amide bonds. The van der Waals surface area contributed by atoms with E-state index in [2.05, 4.69) is 15.9 Å². The van der Waals surface area contributed by atoms with E-state index < -0.39 is 12.0 Å². The number of likely N-dealkylation sites (tertiary alicyclic amines) is 1. The summed E-state index contributed by atoms with van der Waals surface area (Å²) in [4.78, 5) is 25.1. The van der Waals surface area contributed by atoms with Gasteiger partial charge in [0.2, 0.25) is 5.91 Å². The third-order valence-electron chi connectivity index (χ3n) is 4.14. The van der Waals surface area contributed by atoms with Gasteiger partial charge in [-0.15, -0.1) is 0 Å². The van der Waals surface area contributed by atoms with Gasteiger partial charge in [0, 0.05) is 18.3 Å². The van der Waals surface area contributed by atoms with Crippen molar-refractivity contribution >= 4 is 27.8 Å². The van der Waals surface area contributed by atoms with Crippen LogP contribution in [0.2, 0.25) is 0 Å². The lowest BCUT2D eigenvalue weighted by atomic mass is 9.83. The zero-order valence-electron chi connectivity index (χ0n) is 10.5. The lowest BCUT2D eigenvalue weighted by Crippen LogP contribution is -2.47. The first kappa shape index (κ1) is 13.8. The Kier molecular flexibility index (Phi) is 4.65. The number of hydrogen-bond acceptors (Lipinski definition) is 2. The van der Waals surface area contributed by atoms with Crippen molar-refractivity contribution in [3.05, 3.63) is 0 Å². The second kappa shape index (κ2) is 6.04. The molecule has 0 aromatic rings. The molecule has 1 saturated heterocycles. The molecule has 2 unspecified atom stereocenters. The Bertz CT molecular complexity index is 328. The van der Waals surface area contributed by atoms with Crippen LogP contribution in [0.15, 0.2) is 0 Å². The molecule has 1 N–H and O–H groups in total. The highest BCUT2D eigenvalue weighted by molar-refractivity contribution is 9.09. The minimum absolute atomic E-state index is 0.0115. The lowest BCUT2D eigenvalue weighted by molar-refractivity contribution is -0.151. The van der Waals surface area contributed by atoms with E-state index in [0.717, 1.165) is 31.0 Å². The Labute approximate surface area is 116 Å². The van der Waals surface area contributed by atoms with E-state index >= 15 is 0 Å². The fourth-order valence-corrected chi connectivity index (χ4v) is 3.65. The van der Waals surface area contributed by atoms with Crippen molar-refractivity contribution in [3.8, 4) is 0 Å². The van der Waals surface area contributed by atoms with E-state index in [1.165, 1.54) is 6.42 Å². The number of carboxylic acids is 1. The van der Waals surface area contributed by atoms with Gasteiger partial charge in [0.1, 0.15) is 6.04 Å². The highest BCUT2D eigenvalue weighted by atomic mass is 79.9. The number of nitrogens with zero attached hydrogens (tertiary/aromatic N) is 1. The molecule has 18 heavy (non-hydrogen) atoms. The molecule has 2 rings (SSSR count). The van der Waals surface area contributed by atoms with Gasteiger partial charge in [0.05, 0.1) is 0 Å². The molecule has 2 atom stereocenters. The van der Waals surface area contributed by atoms with E-state index in [1.54, 1.807) is 4.90 Å². The van der Waals surface area contributed by atoms with Crippen molar-refractivity contribution in [2.75, 3.05) is 11.9 Å². The summed E-state index contributed by atoms with van der Waals surface area (Å²) in [6.45, 7) is 0.595. The van der Waals surface area contributed by atoms with Gasteiger partial charge in [-0.2, -0.15) is 0 Å². The van der Waals surface area contributed by atoms with Gasteiger partial charge in [-0.1, -0.05) is 35.2 Å². The Morgan fingerprint density at radius 3 is 2.56 bits per heavy atom. The average molecular weight is 318 g/mol. The second-order valence-electron chi connectivity index (χ2n) is 5.45. The lowest BCUT2D eigenvalue weighted by Gasteiger charge is -2.33. The normalized spacial score (nSPS) is 27.5. The van der Waals surface area contributed by atoms with Gasteiger partial charge in [0.25, 0.3) is 0 Å². The molecule has 5 heteroatoms. The minimum atomic E-state index is -0.828. The quantitative estimate of drug-likeness (QED) is 0.809.